The van der Waals surface area contributed by atoms with E-state index in [9.17, 15) is 4.39 Å². The van der Waals surface area contributed by atoms with Gasteiger partial charge in [0.2, 0.25) is 0 Å². The van der Waals surface area contributed by atoms with Crippen molar-refractivity contribution in [3.8, 4) is 5.75 Å². The number of hydrogen-bond donors (Lipinski definition) is 2. The quantitative estimate of drug-likeness (QED) is 0.773. The number of halogens is 1. The van der Waals surface area contributed by atoms with Crippen LogP contribution in [0.1, 0.15) is 19.3 Å². The van der Waals surface area contributed by atoms with Crippen LogP contribution in [0.4, 0.5) is 10.1 Å². The van der Waals surface area contributed by atoms with Gasteiger partial charge in [0.05, 0.1) is 0 Å². The van der Waals surface area contributed by atoms with Gasteiger partial charge in [0.15, 0.2) is 11.6 Å². The Hall–Kier alpha value is -1.29. The molecule has 2 N–H and O–H groups in total. The summed E-state index contributed by atoms with van der Waals surface area (Å²) in [5, 5.41) is 12.5. The van der Waals surface area contributed by atoms with Gasteiger partial charge in [-0.3, -0.25) is 4.90 Å². The molecule has 0 saturated carbocycles. The van der Waals surface area contributed by atoms with E-state index in [2.05, 4.69) is 10.2 Å². The van der Waals surface area contributed by atoms with Gasteiger partial charge in [-0.1, -0.05) is 0 Å². The molecule has 1 aromatic carbocycles. The van der Waals surface area contributed by atoms with Crippen molar-refractivity contribution in [3.05, 3.63) is 24.0 Å². The first kappa shape index (κ1) is 10.8. The number of phenolic OH excluding ortho intramolecular Hbond substituents is 1. The first-order valence-electron chi connectivity index (χ1n) is 6.23. The molecule has 0 radical (unpaired) electrons. The van der Waals surface area contributed by atoms with Crippen LogP contribution >= 0.6 is 0 Å². The van der Waals surface area contributed by atoms with Crippen LogP contribution in [-0.2, 0) is 0 Å². The van der Waals surface area contributed by atoms with Crippen LogP contribution in [0, 0.1) is 5.82 Å². The highest BCUT2D eigenvalue weighted by Crippen LogP contribution is 2.30. The largest absolute Gasteiger partial charge is 0.505 e. The molecule has 4 heteroatoms. The van der Waals surface area contributed by atoms with Crippen molar-refractivity contribution in [2.75, 3.05) is 18.4 Å². The minimum absolute atomic E-state index is 0.288. The summed E-state index contributed by atoms with van der Waals surface area (Å²) in [6, 6.07) is 5.52. The van der Waals surface area contributed by atoms with E-state index in [1.165, 1.54) is 31.5 Å². The molecule has 3 rings (SSSR count). The molecule has 0 aliphatic carbocycles. The van der Waals surface area contributed by atoms with Crippen molar-refractivity contribution < 1.29 is 9.50 Å². The molecule has 2 fully saturated rings. The Labute approximate surface area is 100 Å². The van der Waals surface area contributed by atoms with E-state index in [4.69, 9.17) is 5.11 Å². The highest BCUT2D eigenvalue weighted by atomic mass is 19.1. The standard InChI is InChI=1S/C13H17FN2O/c14-10-8-9(3-4-13(10)17)15-11-5-7-16-6-1-2-12(11)16/h3-4,8,11-12,15,17H,1-2,5-7H2. The van der Waals surface area contributed by atoms with Crippen molar-refractivity contribution in [1.82, 2.24) is 4.90 Å². The van der Waals surface area contributed by atoms with E-state index < -0.39 is 5.82 Å². The third-order valence-corrected chi connectivity index (χ3v) is 3.91. The van der Waals surface area contributed by atoms with Crippen molar-refractivity contribution in [2.24, 2.45) is 0 Å². The number of nitrogens with zero attached hydrogens (tertiary/aromatic N) is 1. The molecule has 2 atom stereocenters. The number of nitrogens with one attached hydrogen (secondary N) is 1. The molecule has 2 saturated heterocycles. The van der Waals surface area contributed by atoms with E-state index >= 15 is 0 Å². The molecule has 2 heterocycles. The summed E-state index contributed by atoms with van der Waals surface area (Å²) in [7, 11) is 0. The molecular weight excluding hydrogens is 219 g/mol. The Morgan fingerprint density at radius 3 is 3.00 bits per heavy atom. The number of phenols is 1. The number of fused-ring (bicyclic) bond motifs is 1. The van der Waals surface area contributed by atoms with E-state index in [1.54, 1.807) is 6.07 Å². The number of rotatable bonds is 2. The predicted molar refractivity (Wildman–Crippen MR) is 64.7 cm³/mol. The van der Waals surface area contributed by atoms with Crippen LogP contribution < -0.4 is 5.32 Å². The summed E-state index contributed by atoms with van der Waals surface area (Å²) in [6.45, 7) is 2.34. The molecule has 3 nitrogen and oxygen atoms in total. The monoisotopic (exact) mass is 236 g/mol. The molecule has 0 bridgehead atoms. The zero-order chi connectivity index (χ0) is 11.8. The van der Waals surface area contributed by atoms with Crippen molar-refractivity contribution >= 4 is 5.69 Å². The number of hydrogen-bond acceptors (Lipinski definition) is 3. The van der Waals surface area contributed by atoms with Crippen molar-refractivity contribution in [1.29, 1.82) is 0 Å². The molecule has 17 heavy (non-hydrogen) atoms. The van der Waals surface area contributed by atoms with Gasteiger partial charge in [-0.2, -0.15) is 0 Å². The first-order valence-corrected chi connectivity index (χ1v) is 6.23. The minimum Gasteiger partial charge on any atom is -0.505 e. The summed E-state index contributed by atoms with van der Waals surface area (Å²) < 4.78 is 13.2. The smallest absolute Gasteiger partial charge is 0.166 e. The third-order valence-electron chi connectivity index (χ3n) is 3.91. The van der Waals surface area contributed by atoms with Crippen LogP contribution in [0.2, 0.25) is 0 Å². The van der Waals surface area contributed by atoms with E-state index in [1.807, 2.05) is 0 Å². The molecule has 0 spiro atoms. The number of aromatic hydroxyl groups is 1. The number of benzene rings is 1. The second kappa shape index (κ2) is 4.18. The van der Waals surface area contributed by atoms with Crippen LogP contribution in [0.25, 0.3) is 0 Å². The van der Waals surface area contributed by atoms with E-state index in [0.29, 0.717) is 12.1 Å². The van der Waals surface area contributed by atoms with Crippen LogP contribution in [0.3, 0.4) is 0 Å². The zero-order valence-electron chi connectivity index (χ0n) is 9.69. The van der Waals surface area contributed by atoms with Gasteiger partial charge in [0, 0.05) is 30.4 Å². The highest BCUT2D eigenvalue weighted by molar-refractivity contribution is 5.48. The lowest BCUT2D eigenvalue weighted by Crippen LogP contribution is -2.33. The predicted octanol–water partition coefficient (Wildman–Crippen LogP) is 2.18. The third kappa shape index (κ3) is 1.97. The molecule has 2 unspecified atom stereocenters. The van der Waals surface area contributed by atoms with Gasteiger partial charge in [0.1, 0.15) is 0 Å². The average molecular weight is 236 g/mol. The van der Waals surface area contributed by atoms with Crippen LogP contribution in [0.5, 0.6) is 5.75 Å². The Morgan fingerprint density at radius 1 is 1.29 bits per heavy atom. The molecule has 2 aliphatic heterocycles. The second-order valence-electron chi connectivity index (χ2n) is 4.95. The topological polar surface area (TPSA) is 35.5 Å². The Morgan fingerprint density at radius 2 is 2.18 bits per heavy atom. The first-order chi connectivity index (χ1) is 8.24. The fourth-order valence-corrected chi connectivity index (χ4v) is 3.06. The van der Waals surface area contributed by atoms with Crippen molar-refractivity contribution in [3.63, 3.8) is 0 Å². The van der Waals surface area contributed by atoms with Gasteiger partial charge in [0.25, 0.3) is 0 Å². The van der Waals surface area contributed by atoms with Gasteiger partial charge in [-0.25, -0.2) is 4.39 Å². The van der Waals surface area contributed by atoms with Gasteiger partial charge in [-0.05, 0) is 37.9 Å². The molecule has 92 valence electrons. The molecule has 0 aromatic heterocycles. The maximum Gasteiger partial charge on any atom is 0.166 e. The maximum atomic E-state index is 13.2. The van der Waals surface area contributed by atoms with Crippen LogP contribution in [-0.4, -0.2) is 35.2 Å². The maximum absolute atomic E-state index is 13.2. The lowest BCUT2D eigenvalue weighted by Gasteiger charge is -2.22. The Kier molecular flexibility index (Phi) is 2.67. The molecule has 0 amide bonds. The van der Waals surface area contributed by atoms with E-state index in [-0.39, 0.29) is 5.75 Å². The second-order valence-corrected chi connectivity index (χ2v) is 4.95. The summed E-state index contributed by atoms with van der Waals surface area (Å²) in [6.07, 6.45) is 3.62. The highest BCUT2D eigenvalue weighted by Gasteiger charge is 2.36. The fourth-order valence-electron chi connectivity index (χ4n) is 3.06. The molecule has 1 aromatic rings. The lowest BCUT2D eigenvalue weighted by atomic mass is 10.1. The van der Waals surface area contributed by atoms with Crippen LogP contribution in [0.15, 0.2) is 18.2 Å². The zero-order valence-corrected chi connectivity index (χ0v) is 9.69. The SMILES string of the molecule is Oc1ccc(NC2CCN3CCCC23)cc1F. The summed E-state index contributed by atoms with van der Waals surface area (Å²) in [5.41, 5.74) is 0.763. The summed E-state index contributed by atoms with van der Waals surface area (Å²) in [5.74, 6) is -0.847. The number of anilines is 1. The average Bonchev–Trinajstić information content (AvgIpc) is 2.88. The summed E-state index contributed by atoms with van der Waals surface area (Å²) >= 11 is 0. The Balaban J connectivity index is 1.72. The molecular formula is C13H17FN2O. The molecule has 2 aliphatic rings. The normalized spacial score (nSPS) is 28.3. The van der Waals surface area contributed by atoms with E-state index in [0.717, 1.165) is 18.7 Å². The van der Waals surface area contributed by atoms with Gasteiger partial charge in [-0.15, -0.1) is 0 Å². The van der Waals surface area contributed by atoms with Gasteiger partial charge < -0.3 is 10.4 Å². The van der Waals surface area contributed by atoms with Gasteiger partial charge >= 0.3 is 0 Å². The Bertz CT molecular complexity index is 424. The summed E-state index contributed by atoms with van der Waals surface area (Å²) in [4.78, 5) is 2.51. The minimum atomic E-state index is -0.559. The van der Waals surface area contributed by atoms with Crippen molar-refractivity contribution in [2.45, 2.75) is 31.3 Å². The fraction of sp³-hybridized carbons (Fsp3) is 0.538. The lowest BCUT2D eigenvalue weighted by molar-refractivity contribution is 0.318.